The van der Waals surface area contributed by atoms with Gasteiger partial charge in [0.15, 0.2) is 11.6 Å². The fourth-order valence-corrected chi connectivity index (χ4v) is 6.67. The molecule has 2 atom stereocenters. The van der Waals surface area contributed by atoms with Crippen LogP contribution in [0.2, 0.25) is 0 Å². The number of aromatic nitrogens is 2. The molecule has 3 amide bonds. The highest BCUT2D eigenvalue weighted by Crippen LogP contribution is 2.38. The zero-order valence-corrected chi connectivity index (χ0v) is 28.1. The van der Waals surface area contributed by atoms with Crippen molar-refractivity contribution in [2.75, 3.05) is 51.8 Å². The maximum atomic E-state index is 14.2. The van der Waals surface area contributed by atoms with Crippen LogP contribution in [0.1, 0.15) is 51.1 Å². The Morgan fingerprint density at radius 1 is 1.04 bits per heavy atom. The Balaban J connectivity index is 1.35. The van der Waals surface area contributed by atoms with Gasteiger partial charge in [-0.2, -0.15) is 5.10 Å². The number of rotatable bonds is 8. The van der Waals surface area contributed by atoms with Crippen LogP contribution in [0.25, 0.3) is 11.3 Å². The topological polar surface area (TPSA) is 101 Å². The van der Waals surface area contributed by atoms with E-state index in [1.54, 1.807) is 18.1 Å². The highest BCUT2D eigenvalue weighted by atomic mass is 79.9. The average Bonchev–Trinajstić information content (AvgIpc) is 3.57. The first-order chi connectivity index (χ1) is 21.9. The van der Waals surface area contributed by atoms with Crippen molar-refractivity contribution in [3.8, 4) is 11.3 Å². The van der Waals surface area contributed by atoms with E-state index in [0.29, 0.717) is 73.7 Å². The second kappa shape index (κ2) is 14.5. The molecule has 2 aromatic carbocycles. The fraction of sp³-hybridized carbons (Fsp3) is 0.485. The summed E-state index contributed by atoms with van der Waals surface area (Å²) in [5.41, 5.74) is 1.98. The molecule has 0 bridgehead atoms. The van der Waals surface area contributed by atoms with E-state index in [-0.39, 0.29) is 24.1 Å². The van der Waals surface area contributed by atoms with Crippen molar-refractivity contribution in [1.82, 2.24) is 24.9 Å². The number of amides is 3. The van der Waals surface area contributed by atoms with E-state index in [0.717, 1.165) is 11.6 Å². The molecule has 0 aliphatic carbocycles. The van der Waals surface area contributed by atoms with E-state index >= 15 is 0 Å². The van der Waals surface area contributed by atoms with E-state index in [4.69, 9.17) is 14.6 Å². The van der Waals surface area contributed by atoms with Gasteiger partial charge in [0, 0.05) is 51.3 Å². The van der Waals surface area contributed by atoms with Crippen LogP contribution in [-0.2, 0) is 9.47 Å². The molecule has 2 N–H and O–H groups in total. The third kappa shape index (κ3) is 8.05. The first-order valence-corrected chi connectivity index (χ1v) is 16.3. The molecule has 2 fully saturated rings. The summed E-state index contributed by atoms with van der Waals surface area (Å²) in [5.74, 6) is -2.09. The molecule has 3 aromatic rings. The zero-order valence-electron chi connectivity index (χ0n) is 26.6. The Morgan fingerprint density at radius 3 is 2.41 bits per heavy atom. The summed E-state index contributed by atoms with van der Waals surface area (Å²) in [6, 6.07) is 12.6. The zero-order chi connectivity index (χ0) is 33.0. The minimum Gasteiger partial charge on any atom is -0.444 e. The molecule has 46 heavy (non-hydrogen) atoms. The van der Waals surface area contributed by atoms with Crippen molar-refractivity contribution in [3.63, 3.8) is 0 Å². The molecule has 1 aromatic heterocycles. The van der Waals surface area contributed by atoms with Gasteiger partial charge in [0.05, 0.1) is 18.7 Å². The number of piperidine rings is 1. The summed E-state index contributed by atoms with van der Waals surface area (Å²) in [6.07, 6.45) is 0.993. The standard InChI is InChI=1S/C33H41BrF2N6O4/c1-33(2,3)46-32(44)41-14-12-23(13-15-41)42-30(34)29(28(39-42)21-8-6-5-7-9-21)38-31(43)37-27-20-40(16-17-45-4)19-24(27)22-10-11-25(35)26(36)18-22/h5-11,18,23-24,27H,12-17,19-20H2,1-4H3,(H2,37,38,43)/t24-,27+/m0/s1. The van der Waals surface area contributed by atoms with Crippen molar-refractivity contribution >= 4 is 33.7 Å². The molecule has 2 aliphatic heterocycles. The first-order valence-electron chi connectivity index (χ1n) is 15.5. The van der Waals surface area contributed by atoms with E-state index < -0.39 is 23.3 Å². The summed E-state index contributed by atoms with van der Waals surface area (Å²) in [5, 5.41) is 11.0. The van der Waals surface area contributed by atoms with Crippen LogP contribution in [0.4, 0.5) is 24.1 Å². The quantitative estimate of drug-likeness (QED) is 0.282. The molecule has 2 saturated heterocycles. The number of urea groups is 1. The van der Waals surface area contributed by atoms with Crippen LogP contribution in [-0.4, -0.2) is 89.8 Å². The minimum absolute atomic E-state index is 0.0175. The number of anilines is 1. The monoisotopic (exact) mass is 702 g/mol. The number of halogens is 3. The van der Waals surface area contributed by atoms with Crippen molar-refractivity contribution in [2.45, 2.75) is 57.2 Å². The Bertz CT molecular complexity index is 1520. The molecule has 10 nitrogen and oxygen atoms in total. The van der Waals surface area contributed by atoms with Gasteiger partial charge in [-0.3, -0.25) is 9.58 Å². The summed E-state index contributed by atoms with van der Waals surface area (Å²) < 4.78 is 41.2. The Morgan fingerprint density at radius 2 is 1.76 bits per heavy atom. The molecule has 0 unspecified atom stereocenters. The van der Waals surface area contributed by atoms with Gasteiger partial charge in [0.1, 0.15) is 21.6 Å². The van der Waals surface area contributed by atoms with Crippen LogP contribution < -0.4 is 10.6 Å². The first kappa shape index (κ1) is 33.8. The third-order valence-electron chi connectivity index (χ3n) is 8.30. The predicted octanol–water partition coefficient (Wildman–Crippen LogP) is 6.40. The number of nitrogens with one attached hydrogen (secondary N) is 2. The summed E-state index contributed by atoms with van der Waals surface area (Å²) >= 11 is 3.71. The molecule has 5 rings (SSSR count). The van der Waals surface area contributed by atoms with Crippen LogP contribution >= 0.6 is 15.9 Å². The van der Waals surface area contributed by atoms with Gasteiger partial charge in [-0.15, -0.1) is 0 Å². The van der Waals surface area contributed by atoms with Gasteiger partial charge in [0.25, 0.3) is 0 Å². The molecule has 2 aliphatic rings. The highest BCUT2D eigenvalue weighted by molar-refractivity contribution is 9.10. The fourth-order valence-electron chi connectivity index (χ4n) is 6.02. The predicted molar refractivity (Wildman–Crippen MR) is 175 cm³/mol. The number of carbonyl (C=O) groups excluding carboxylic acids is 2. The van der Waals surface area contributed by atoms with Gasteiger partial charge in [-0.25, -0.2) is 18.4 Å². The number of methoxy groups -OCH3 is 1. The molecular formula is C33H41BrF2N6O4. The number of likely N-dealkylation sites (tertiary alicyclic amines) is 2. The lowest BCUT2D eigenvalue weighted by atomic mass is 9.94. The normalized spacial score (nSPS) is 19.3. The number of carbonyl (C=O) groups is 2. The molecule has 0 spiro atoms. The van der Waals surface area contributed by atoms with Crippen molar-refractivity contribution in [2.24, 2.45) is 0 Å². The smallest absolute Gasteiger partial charge is 0.410 e. The minimum atomic E-state index is -0.920. The molecular weight excluding hydrogens is 662 g/mol. The SMILES string of the molecule is COCCN1C[C@@H](NC(=O)Nc2c(-c3ccccc3)nn(C3CCN(C(=O)OC(C)(C)C)CC3)c2Br)[C@H](c2ccc(F)c(F)c2)C1. The van der Waals surface area contributed by atoms with E-state index in [2.05, 4.69) is 31.5 Å². The number of nitrogens with zero attached hydrogens (tertiary/aromatic N) is 4. The molecule has 0 saturated carbocycles. The second-order valence-electron chi connectivity index (χ2n) is 12.8. The van der Waals surface area contributed by atoms with Crippen LogP contribution in [0, 0.1) is 11.6 Å². The second-order valence-corrected chi connectivity index (χ2v) is 13.5. The van der Waals surface area contributed by atoms with Crippen molar-refractivity contribution in [3.05, 3.63) is 70.3 Å². The van der Waals surface area contributed by atoms with Crippen LogP contribution in [0.3, 0.4) is 0 Å². The van der Waals surface area contributed by atoms with Gasteiger partial charge in [-0.1, -0.05) is 36.4 Å². The van der Waals surface area contributed by atoms with E-state index in [9.17, 15) is 18.4 Å². The van der Waals surface area contributed by atoms with E-state index in [1.807, 2.05) is 55.8 Å². The highest BCUT2D eigenvalue weighted by Gasteiger charge is 2.36. The van der Waals surface area contributed by atoms with Crippen LogP contribution in [0.5, 0.6) is 0 Å². The maximum Gasteiger partial charge on any atom is 0.410 e. The average molecular weight is 704 g/mol. The summed E-state index contributed by atoms with van der Waals surface area (Å²) in [4.78, 5) is 30.1. The number of hydrogen-bond donors (Lipinski definition) is 2. The van der Waals surface area contributed by atoms with Crippen molar-refractivity contribution < 1.29 is 27.8 Å². The maximum absolute atomic E-state index is 14.2. The lowest BCUT2D eigenvalue weighted by Gasteiger charge is -2.33. The Hall–Kier alpha value is -3.55. The largest absolute Gasteiger partial charge is 0.444 e. The van der Waals surface area contributed by atoms with Gasteiger partial charge in [0.2, 0.25) is 0 Å². The van der Waals surface area contributed by atoms with E-state index in [1.165, 1.54) is 6.07 Å². The van der Waals surface area contributed by atoms with Gasteiger partial charge >= 0.3 is 12.1 Å². The molecule has 3 heterocycles. The van der Waals surface area contributed by atoms with Crippen LogP contribution in [0.15, 0.2) is 53.1 Å². The summed E-state index contributed by atoms with van der Waals surface area (Å²) in [7, 11) is 1.62. The van der Waals surface area contributed by atoms with Gasteiger partial charge < -0.3 is 25.0 Å². The Kier molecular flexibility index (Phi) is 10.6. The number of hydrogen-bond acceptors (Lipinski definition) is 6. The number of benzene rings is 2. The molecule has 13 heteroatoms. The lowest BCUT2D eigenvalue weighted by Crippen LogP contribution is -2.42. The lowest BCUT2D eigenvalue weighted by molar-refractivity contribution is 0.0184. The Labute approximate surface area is 276 Å². The molecule has 248 valence electrons. The van der Waals surface area contributed by atoms with Gasteiger partial charge in [-0.05, 0) is 67.2 Å². The summed E-state index contributed by atoms with van der Waals surface area (Å²) in [6.45, 7) is 8.79. The number of ether oxygens (including phenoxy) is 2. The molecule has 0 radical (unpaired) electrons. The third-order valence-corrected chi connectivity index (χ3v) is 9.06. The van der Waals surface area contributed by atoms with Crippen molar-refractivity contribution in [1.29, 1.82) is 0 Å².